The van der Waals surface area contributed by atoms with Crippen LogP contribution in [0.25, 0.3) is 0 Å². The third-order valence-corrected chi connectivity index (χ3v) is 6.42. The molecule has 1 saturated heterocycles. The van der Waals surface area contributed by atoms with Gasteiger partial charge in [0.2, 0.25) is 5.91 Å². The van der Waals surface area contributed by atoms with E-state index in [0.29, 0.717) is 25.3 Å². The molecule has 1 aliphatic carbocycles. The second-order valence-electron chi connectivity index (χ2n) is 8.37. The highest BCUT2D eigenvalue weighted by atomic mass is 16.4. The van der Waals surface area contributed by atoms with E-state index < -0.39 is 5.97 Å². The number of aryl methyl sites for hydroxylation is 1. The van der Waals surface area contributed by atoms with Gasteiger partial charge in [-0.3, -0.25) is 14.5 Å². The summed E-state index contributed by atoms with van der Waals surface area (Å²) in [6.07, 6.45) is 8.78. The Morgan fingerprint density at radius 2 is 1.96 bits per heavy atom. The van der Waals surface area contributed by atoms with Crippen LogP contribution in [0.15, 0.2) is 12.5 Å². The molecular formula is C20H32N4O3. The SMILES string of the molecule is CN(C[C@@H]1CCCN(C)[C@H]1c1cncn1C)C(=O)C1CCCC(C(=O)O)C1. The summed E-state index contributed by atoms with van der Waals surface area (Å²) in [6, 6.07) is 0.250. The average Bonchev–Trinajstić information content (AvgIpc) is 3.06. The number of carboxylic acid groups (broad SMARTS) is 1. The Balaban J connectivity index is 1.68. The van der Waals surface area contributed by atoms with Gasteiger partial charge in [0.1, 0.15) is 0 Å². The van der Waals surface area contributed by atoms with Crippen LogP contribution in [-0.2, 0) is 16.6 Å². The molecule has 1 aliphatic heterocycles. The van der Waals surface area contributed by atoms with E-state index in [4.69, 9.17) is 0 Å². The fraction of sp³-hybridized carbons (Fsp3) is 0.750. The minimum Gasteiger partial charge on any atom is -0.481 e. The first-order chi connectivity index (χ1) is 12.9. The fourth-order valence-corrected chi connectivity index (χ4v) is 4.96. The Morgan fingerprint density at radius 1 is 1.22 bits per heavy atom. The van der Waals surface area contributed by atoms with Gasteiger partial charge in [-0.1, -0.05) is 6.42 Å². The van der Waals surface area contributed by atoms with Crippen molar-refractivity contribution in [3.63, 3.8) is 0 Å². The lowest BCUT2D eigenvalue weighted by atomic mass is 9.80. The first kappa shape index (κ1) is 19.9. The average molecular weight is 377 g/mol. The summed E-state index contributed by atoms with van der Waals surface area (Å²) < 4.78 is 2.07. The number of amides is 1. The lowest BCUT2D eigenvalue weighted by molar-refractivity contribution is -0.145. The van der Waals surface area contributed by atoms with Gasteiger partial charge in [-0.25, -0.2) is 4.98 Å². The summed E-state index contributed by atoms with van der Waals surface area (Å²) in [5.41, 5.74) is 1.19. The first-order valence-corrected chi connectivity index (χ1v) is 10.0. The van der Waals surface area contributed by atoms with Crippen LogP contribution in [0.4, 0.5) is 0 Å². The Kier molecular flexibility index (Phi) is 6.19. The second kappa shape index (κ2) is 8.42. The number of hydrogen-bond donors (Lipinski definition) is 1. The van der Waals surface area contributed by atoms with Crippen LogP contribution < -0.4 is 0 Å². The van der Waals surface area contributed by atoms with Gasteiger partial charge in [0, 0.05) is 32.8 Å². The van der Waals surface area contributed by atoms with Crippen LogP contribution in [0.5, 0.6) is 0 Å². The molecule has 7 heteroatoms. The first-order valence-electron chi connectivity index (χ1n) is 10.0. The number of aromatic nitrogens is 2. The maximum atomic E-state index is 13.0. The maximum Gasteiger partial charge on any atom is 0.306 e. The fourth-order valence-electron chi connectivity index (χ4n) is 4.96. The van der Waals surface area contributed by atoms with Crippen LogP contribution in [0.3, 0.4) is 0 Å². The number of piperidine rings is 1. The Labute approximate surface area is 161 Å². The molecule has 150 valence electrons. The van der Waals surface area contributed by atoms with Crippen LogP contribution in [-0.4, -0.2) is 63.5 Å². The summed E-state index contributed by atoms with van der Waals surface area (Å²) in [7, 11) is 6.04. The standard InChI is InChI=1S/C20H32N4O3/c1-22-9-5-8-16(18(22)17-11-21-13-24(17)3)12-23(2)19(25)14-6-4-7-15(10-14)20(26)27/h11,13-16,18H,4-10,12H2,1-3H3,(H,26,27)/t14?,15?,16-,18+/m0/s1. The quantitative estimate of drug-likeness (QED) is 0.852. The van der Waals surface area contributed by atoms with Crippen molar-refractivity contribution in [2.75, 3.05) is 27.2 Å². The summed E-state index contributed by atoms with van der Waals surface area (Å²) in [4.78, 5) is 32.8. The largest absolute Gasteiger partial charge is 0.481 e. The summed E-state index contributed by atoms with van der Waals surface area (Å²) in [6.45, 7) is 1.75. The Morgan fingerprint density at radius 3 is 2.63 bits per heavy atom. The maximum absolute atomic E-state index is 13.0. The third-order valence-electron chi connectivity index (χ3n) is 6.42. The predicted molar refractivity (Wildman–Crippen MR) is 102 cm³/mol. The molecule has 1 amide bonds. The molecule has 27 heavy (non-hydrogen) atoms. The zero-order chi connectivity index (χ0) is 19.6. The molecule has 2 aliphatic rings. The number of aliphatic carboxylic acids is 1. The van der Waals surface area contributed by atoms with E-state index in [2.05, 4.69) is 21.5 Å². The minimum absolute atomic E-state index is 0.109. The molecule has 0 aromatic carbocycles. The Hall–Kier alpha value is -1.89. The molecule has 1 saturated carbocycles. The van der Waals surface area contributed by atoms with Crippen molar-refractivity contribution in [2.24, 2.45) is 24.8 Å². The van der Waals surface area contributed by atoms with E-state index in [0.717, 1.165) is 32.2 Å². The smallest absolute Gasteiger partial charge is 0.306 e. The third kappa shape index (κ3) is 4.34. The number of carboxylic acids is 1. The topological polar surface area (TPSA) is 78.7 Å². The number of rotatable bonds is 5. The number of carbonyl (C=O) groups is 2. The highest BCUT2D eigenvalue weighted by molar-refractivity contribution is 5.80. The van der Waals surface area contributed by atoms with Gasteiger partial charge in [0.25, 0.3) is 0 Å². The summed E-state index contributed by atoms with van der Waals surface area (Å²) in [5.74, 6) is -0.823. The summed E-state index contributed by atoms with van der Waals surface area (Å²) >= 11 is 0. The summed E-state index contributed by atoms with van der Waals surface area (Å²) in [5, 5.41) is 9.29. The van der Waals surface area contributed by atoms with Gasteiger partial charge in [-0.05, 0) is 51.6 Å². The van der Waals surface area contributed by atoms with Crippen LogP contribution in [0, 0.1) is 17.8 Å². The molecule has 4 atom stereocenters. The minimum atomic E-state index is -0.764. The van der Waals surface area contributed by atoms with Gasteiger partial charge in [-0.15, -0.1) is 0 Å². The number of likely N-dealkylation sites (tertiary alicyclic amines) is 1. The van der Waals surface area contributed by atoms with E-state index in [-0.39, 0.29) is 23.8 Å². The van der Waals surface area contributed by atoms with Crippen molar-refractivity contribution in [3.05, 3.63) is 18.2 Å². The van der Waals surface area contributed by atoms with Crippen molar-refractivity contribution < 1.29 is 14.7 Å². The van der Waals surface area contributed by atoms with Crippen molar-refractivity contribution >= 4 is 11.9 Å². The molecule has 0 bridgehead atoms. The van der Waals surface area contributed by atoms with Crippen LogP contribution in [0.1, 0.15) is 50.3 Å². The van der Waals surface area contributed by atoms with Crippen molar-refractivity contribution in [2.45, 2.75) is 44.6 Å². The van der Waals surface area contributed by atoms with Gasteiger partial charge in [0.05, 0.1) is 24.0 Å². The molecule has 3 rings (SSSR count). The monoisotopic (exact) mass is 376 g/mol. The molecule has 2 fully saturated rings. The van der Waals surface area contributed by atoms with Crippen molar-refractivity contribution in [1.82, 2.24) is 19.4 Å². The van der Waals surface area contributed by atoms with Crippen LogP contribution >= 0.6 is 0 Å². The highest BCUT2D eigenvalue weighted by Crippen LogP contribution is 2.36. The molecule has 0 spiro atoms. The molecule has 1 aromatic rings. The molecule has 2 heterocycles. The van der Waals surface area contributed by atoms with E-state index in [1.165, 1.54) is 5.69 Å². The Bertz CT molecular complexity index is 674. The highest BCUT2D eigenvalue weighted by Gasteiger charge is 2.36. The van der Waals surface area contributed by atoms with E-state index in [9.17, 15) is 14.7 Å². The van der Waals surface area contributed by atoms with Gasteiger partial charge in [-0.2, -0.15) is 0 Å². The number of nitrogens with zero attached hydrogens (tertiary/aromatic N) is 4. The van der Waals surface area contributed by atoms with Crippen LogP contribution in [0.2, 0.25) is 0 Å². The van der Waals surface area contributed by atoms with Crippen molar-refractivity contribution in [1.29, 1.82) is 0 Å². The lowest BCUT2D eigenvalue weighted by Gasteiger charge is -2.41. The molecule has 0 radical (unpaired) electrons. The van der Waals surface area contributed by atoms with E-state index in [1.807, 2.05) is 31.5 Å². The van der Waals surface area contributed by atoms with Gasteiger partial charge in [0.15, 0.2) is 0 Å². The molecular weight excluding hydrogens is 344 g/mol. The molecule has 1 aromatic heterocycles. The second-order valence-corrected chi connectivity index (χ2v) is 8.37. The molecule has 1 N–H and O–H groups in total. The van der Waals surface area contributed by atoms with E-state index in [1.54, 1.807) is 0 Å². The number of carbonyl (C=O) groups excluding carboxylic acids is 1. The molecule has 2 unspecified atom stereocenters. The van der Waals surface area contributed by atoms with Gasteiger partial charge < -0.3 is 14.6 Å². The number of imidazole rings is 1. The lowest BCUT2D eigenvalue weighted by Crippen LogP contribution is -2.45. The van der Waals surface area contributed by atoms with Gasteiger partial charge >= 0.3 is 5.97 Å². The van der Waals surface area contributed by atoms with Crippen molar-refractivity contribution in [3.8, 4) is 0 Å². The van der Waals surface area contributed by atoms with E-state index >= 15 is 0 Å². The zero-order valence-electron chi connectivity index (χ0n) is 16.7. The molecule has 7 nitrogen and oxygen atoms in total. The zero-order valence-corrected chi connectivity index (χ0v) is 16.7. The normalized spacial score (nSPS) is 29.4. The predicted octanol–water partition coefficient (Wildman–Crippen LogP) is 2.15. The number of hydrogen-bond acceptors (Lipinski definition) is 4.